The van der Waals surface area contributed by atoms with Crippen molar-refractivity contribution in [3.8, 4) is 0 Å². The van der Waals surface area contributed by atoms with Crippen molar-refractivity contribution in [3.05, 3.63) is 69.9 Å². The Labute approximate surface area is 139 Å². The maximum atomic E-state index is 12.3. The quantitative estimate of drug-likeness (QED) is 0.797. The van der Waals surface area contributed by atoms with Crippen LogP contribution in [0.1, 0.15) is 28.7 Å². The number of aromatic nitrogens is 3. The number of hydrogen-bond donors (Lipinski definition) is 1. The van der Waals surface area contributed by atoms with Gasteiger partial charge in [0, 0.05) is 18.3 Å². The molecule has 122 valence electrons. The van der Waals surface area contributed by atoms with Crippen LogP contribution in [0, 0.1) is 6.92 Å². The summed E-state index contributed by atoms with van der Waals surface area (Å²) in [4.78, 5) is 32.9. The lowest BCUT2D eigenvalue weighted by atomic mass is 10.1. The molecule has 0 spiro atoms. The van der Waals surface area contributed by atoms with Crippen LogP contribution in [0.2, 0.25) is 0 Å². The van der Waals surface area contributed by atoms with E-state index in [1.165, 1.54) is 0 Å². The van der Waals surface area contributed by atoms with Gasteiger partial charge < -0.3 is 9.88 Å². The van der Waals surface area contributed by atoms with E-state index in [1.807, 2.05) is 25.1 Å². The van der Waals surface area contributed by atoms with Gasteiger partial charge in [0.25, 0.3) is 11.5 Å². The van der Waals surface area contributed by atoms with Crippen LogP contribution < -0.4 is 10.9 Å². The van der Waals surface area contributed by atoms with E-state index in [1.54, 1.807) is 35.9 Å². The number of nitrogens with one attached hydrogen (secondary N) is 1. The van der Waals surface area contributed by atoms with Gasteiger partial charge in [-0.15, -0.1) is 0 Å². The van der Waals surface area contributed by atoms with Crippen LogP contribution in [0.4, 0.5) is 0 Å². The van der Waals surface area contributed by atoms with E-state index in [-0.39, 0.29) is 11.5 Å². The van der Waals surface area contributed by atoms with E-state index in [0.717, 1.165) is 11.2 Å². The minimum atomic E-state index is -0.198. The maximum absolute atomic E-state index is 12.3. The second-order valence-electron chi connectivity index (χ2n) is 5.45. The Balaban J connectivity index is 1.89. The third-order valence-corrected chi connectivity index (χ3v) is 3.84. The summed E-state index contributed by atoms with van der Waals surface area (Å²) in [5.41, 5.74) is 2.99. The monoisotopic (exact) mass is 322 g/mol. The van der Waals surface area contributed by atoms with Crippen molar-refractivity contribution in [2.24, 2.45) is 0 Å². The van der Waals surface area contributed by atoms with Crippen LogP contribution in [0.5, 0.6) is 0 Å². The van der Waals surface area contributed by atoms with E-state index in [2.05, 4.69) is 15.3 Å². The molecule has 2 heterocycles. The number of benzene rings is 1. The number of rotatable bonds is 4. The number of amides is 1. The molecule has 0 saturated heterocycles. The maximum Gasteiger partial charge on any atom is 0.272 e. The van der Waals surface area contributed by atoms with Crippen molar-refractivity contribution < 1.29 is 4.79 Å². The van der Waals surface area contributed by atoms with Gasteiger partial charge in [0.05, 0.1) is 23.3 Å². The summed E-state index contributed by atoms with van der Waals surface area (Å²) in [7, 11) is 0. The Morgan fingerprint density at radius 1 is 1.25 bits per heavy atom. The molecule has 1 amide bonds. The SMILES string of the molecule is CCn1c(=O)c(C)nc2cc(C(=O)NCc3ccccn3)ccc21. The van der Waals surface area contributed by atoms with E-state index in [9.17, 15) is 9.59 Å². The minimum absolute atomic E-state index is 0.0997. The molecule has 6 heteroatoms. The van der Waals surface area contributed by atoms with Crippen molar-refractivity contribution in [1.82, 2.24) is 19.9 Å². The van der Waals surface area contributed by atoms with E-state index in [4.69, 9.17) is 0 Å². The summed E-state index contributed by atoms with van der Waals surface area (Å²) in [6, 6.07) is 10.7. The molecule has 0 atom stereocenters. The third-order valence-electron chi connectivity index (χ3n) is 3.84. The highest BCUT2D eigenvalue weighted by molar-refractivity contribution is 5.97. The molecule has 0 unspecified atom stereocenters. The van der Waals surface area contributed by atoms with Crippen LogP contribution >= 0.6 is 0 Å². The highest BCUT2D eigenvalue weighted by Crippen LogP contribution is 2.13. The van der Waals surface area contributed by atoms with E-state index < -0.39 is 0 Å². The summed E-state index contributed by atoms with van der Waals surface area (Å²) in [6.07, 6.45) is 1.69. The first-order chi connectivity index (χ1) is 11.6. The third kappa shape index (κ3) is 3.03. The molecule has 0 fully saturated rings. The van der Waals surface area contributed by atoms with Gasteiger partial charge in [0.1, 0.15) is 5.69 Å². The largest absolute Gasteiger partial charge is 0.346 e. The van der Waals surface area contributed by atoms with E-state index in [0.29, 0.717) is 29.9 Å². The van der Waals surface area contributed by atoms with Gasteiger partial charge in [-0.1, -0.05) is 6.07 Å². The minimum Gasteiger partial charge on any atom is -0.346 e. The molecular weight excluding hydrogens is 304 g/mol. The lowest BCUT2D eigenvalue weighted by molar-refractivity contribution is 0.0950. The van der Waals surface area contributed by atoms with Gasteiger partial charge in [-0.2, -0.15) is 0 Å². The van der Waals surface area contributed by atoms with Gasteiger partial charge in [0.2, 0.25) is 0 Å². The van der Waals surface area contributed by atoms with E-state index >= 15 is 0 Å². The first kappa shape index (κ1) is 15.9. The molecule has 6 nitrogen and oxygen atoms in total. The molecule has 24 heavy (non-hydrogen) atoms. The van der Waals surface area contributed by atoms with Crippen LogP contribution in [-0.2, 0) is 13.1 Å². The summed E-state index contributed by atoms with van der Waals surface area (Å²) in [5.74, 6) is -0.198. The normalized spacial score (nSPS) is 10.8. The van der Waals surface area contributed by atoms with Crippen molar-refractivity contribution in [3.63, 3.8) is 0 Å². The Bertz CT molecular complexity index is 948. The Morgan fingerprint density at radius 3 is 2.79 bits per heavy atom. The number of carbonyl (C=O) groups excluding carboxylic acids is 1. The number of pyridine rings is 1. The fourth-order valence-electron chi connectivity index (χ4n) is 2.61. The fraction of sp³-hybridized carbons (Fsp3) is 0.222. The molecule has 0 radical (unpaired) electrons. The van der Waals surface area contributed by atoms with Crippen LogP contribution in [0.25, 0.3) is 11.0 Å². The average molecular weight is 322 g/mol. The number of nitrogens with zero attached hydrogens (tertiary/aromatic N) is 3. The molecule has 1 aromatic carbocycles. The van der Waals surface area contributed by atoms with Crippen molar-refractivity contribution >= 4 is 16.9 Å². The zero-order valence-electron chi connectivity index (χ0n) is 13.6. The van der Waals surface area contributed by atoms with Crippen molar-refractivity contribution in [2.45, 2.75) is 26.9 Å². The van der Waals surface area contributed by atoms with Crippen LogP contribution in [0.3, 0.4) is 0 Å². The zero-order chi connectivity index (χ0) is 17.1. The zero-order valence-corrected chi connectivity index (χ0v) is 13.6. The second-order valence-corrected chi connectivity index (χ2v) is 5.45. The number of aryl methyl sites for hydroxylation is 2. The summed E-state index contributed by atoms with van der Waals surface area (Å²) >= 11 is 0. The van der Waals surface area contributed by atoms with Gasteiger partial charge in [-0.05, 0) is 44.2 Å². The molecule has 1 N–H and O–H groups in total. The molecule has 3 aromatic rings. The molecule has 0 bridgehead atoms. The number of carbonyl (C=O) groups is 1. The second kappa shape index (κ2) is 6.62. The van der Waals surface area contributed by atoms with Crippen molar-refractivity contribution in [1.29, 1.82) is 0 Å². The predicted molar refractivity (Wildman–Crippen MR) is 91.8 cm³/mol. The average Bonchev–Trinajstić information content (AvgIpc) is 2.61. The standard InChI is InChI=1S/C18H18N4O2/c1-3-22-16-8-7-13(10-15(16)21-12(2)18(22)24)17(23)20-11-14-6-4-5-9-19-14/h4-10H,3,11H2,1-2H3,(H,20,23). The smallest absolute Gasteiger partial charge is 0.272 e. The summed E-state index contributed by atoms with van der Waals surface area (Å²) in [5, 5.41) is 2.84. The molecule has 0 aliphatic heterocycles. The fourth-order valence-corrected chi connectivity index (χ4v) is 2.61. The first-order valence-corrected chi connectivity index (χ1v) is 7.79. The highest BCUT2D eigenvalue weighted by Gasteiger charge is 2.11. The lowest BCUT2D eigenvalue weighted by Crippen LogP contribution is -2.25. The van der Waals surface area contributed by atoms with Gasteiger partial charge in [-0.25, -0.2) is 4.98 Å². The van der Waals surface area contributed by atoms with Crippen LogP contribution in [0.15, 0.2) is 47.4 Å². The van der Waals surface area contributed by atoms with Crippen molar-refractivity contribution in [2.75, 3.05) is 0 Å². The summed E-state index contributed by atoms with van der Waals surface area (Å²) in [6.45, 7) is 4.51. The number of hydrogen-bond acceptors (Lipinski definition) is 4. The van der Waals surface area contributed by atoms with Gasteiger partial charge in [0.15, 0.2) is 0 Å². The van der Waals surface area contributed by atoms with Gasteiger partial charge in [-0.3, -0.25) is 14.6 Å². The molecule has 0 aliphatic rings. The molecular formula is C18H18N4O2. The Kier molecular flexibility index (Phi) is 4.37. The molecule has 3 rings (SSSR count). The predicted octanol–water partition coefficient (Wildman–Crippen LogP) is 2.05. The topological polar surface area (TPSA) is 76.9 Å². The lowest BCUT2D eigenvalue weighted by Gasteiger charge is -2.10. The van der Waals surface area contributed by atoms with Gasteiger partial charge >= 0.3 is 0 Å². The first-order valence-electron chi connectivity index (χ1n) is 7.79. The molecule has 0 aliphatic carbocycles. The Hall–Kier alpha value is -3.02. The Morgan fingerprint density at radius 2 is 2.08 bits per heavy atom. The summed E-state index contributed by atoms with van der Waals surface area (Å²) < 4.78 is 1.66. The molecule has 0 saturated carbocycles. The van der Waals surface area contributed by atoms with Crippen LogP contribution in [-0.4, -0.2) is 20.4 Å². The molecule has 2 aromatic heterocycles. The number of fused-ring (bicyclic) bond motifs is 1. The highest BCUT2D eigenvalue weighted by atomic mass is 16.1.